The molecule has 0 bridgehead atoms. The number of hydrogen-bond acceptors (Lipinski definition) is 2. The normalized spacial score (nSPS) is 11.5. The molecule has 0 rings (SSSR count). The van der Waals surface area contributed by atoms with Gasteiger partial charge in [0.1, 0.15) is 0 Å². The lowest BCUT2D eigenvalue weighted by atomic mass is 10.1. The van der Waals surface area contributed by atoms with Crippen molar-refractivity contribution in [3.05, 3.63) is 12.3 Å². The fourth-order valence-electron chi connectivity index (χ4n) is 1.37. The third kappa shape index (κ3) is 7.75. The quantitative estimate of drug-likeness (QED) is 0.607. The van der Waals surface area contributed by atoms with Gasteiger partial charge in [0.25, 0.3) is 0 Å². The van der Waals surface area contributed by atoms with E-state index in [1.54, 1.807) is 0 Å². The van der Waals surface area contributed by atoms with Gasteiger partial charge in [0, 0.05) is 18.3 Å². The van der Waals surface area contributed by atoms with E-state index < -0.39 is 0 Å². The Kier molecular flexibility index (Phi) is 8.36. The Labute approximate surface area is 102 Å². The van der Waals surface area contributed by atoms with Crippen LogP contribution in [0.5, 0.6) is 0 Å². The predicted molar refractivity (Wildman–Crippen MR) is 73.6 cm³/mol. The third-order valence-electron chi connectivity index (χ3n) is 3.12. The summed E-state index contributed by atoms with van der Waals surface area (Å²) in [6.45, 7) is 15.1. The third-order valence-corrected chi connectivity index (χ3v) is 3.12. The van der Waals surface area contributed by atoms with Crippen LogP contribution >= 0.6 is 0 Å². The van der Waals surface area contributed by atoms with Crippen LogP contribution in [0, 0.1) is 5.92 Å². The second kappa shape index (κ2) is 8.63. The van der Waals surface area contributed by atoms with Gasteiger partial charge in [-0.25, -0.2) is 0 Å². The first-order valence-electron chi connectivity index (χ1n) is 6.58. The van der Waals surface area contributed by atoms with Gasteiger partial charge in [-0.15, -0.1) is 0 Å². The highest BCUT2D eigenvalue weighted by atomic mass is 15.1. The maximum atomic E-state index is 4.00. The van der Waals surface area contributed by atoms with E-state index in [1.165, 1.54) is 31.5 Å². The van der Waals surface area contributed by atoms with Gasteiger partial charge >= 0.3 is 0 Å². The van der Waals surface area contributed by atoms with Crippen molar-refractivity contribution >= 4 is 0 Å². The van der Waals surface area contributed by atoms with Crippen molar-refractivity contribution < 1.29 is 0 Å². The van der Waals surface area contributed by atoms with Crippen molar-refractivity contribution in [3.63, 3.8) is 0 Å². The number of nitrogens with one attached hydrogen (secondary N) is 1. The summed E-state index contributed by atoms with van der Waals surface area (Å²) < 4.78 is 0. The van der Waals surface area contributed by atoms with Gasteiger partial charge in [-0.3, -0.25) is 0 Å². The van der Waals surface area contributed by atoms with E-state index in [0.29, 0.717) is 12.0 Å². The summed E-state index contributed by atoms with van der Waals surface area (Å²) in [4.78, 5) is 2.40. The summed E-state index contributed by atoms with van der Waals surface area (Å²) in [6.07, 6.45) is 3.84. The highest BCUT2D eigenvalue weighted by molar-refractivity contribution is 4.93. The van der Waals surface area contributed by atoms with E-state index in [0.717, 1.165) is 6.54 Å². The molecular formula is C14H30N2. The van der Waals surface area contributed by atoms with Crippen molar-refractivity contribution in [1.82, 2.24) is 10.2 Å². The molecule has 0 amide bonds. The van der Waals surface area contributed by atoms with Crippen molar-refractivity contribution in [1.29, 1.82) is 0 Å². The minimum atomic E-state index is 0.548. The van der Waals surface area contributed by atoms with Crippen LogP contribution in [0.25, 0.3) is 0 Å². The highest BCUT2D eigenvalue weighted by Gasteiger charge is 2.02. The smallest absolute Gasteiger partial charge is 0.0143 e. The molecule has 0 saturated heterocycles. The van der Waals surface area contributed by atoms with Crippen LogP contribution in [0.15, 0.2) is 12.3 Å². The maximum Gasteiger partial charge on any atom is 0.0143 e. The molecule has 0 spiro atoms. The largest absolute Gasteiger partial charge is 0.389 e. The summed E-state index contributed by atoms with van der Waals surface area (Å²) in [5, 5.41) is 3.38. The zero-order valence-corrected chi connectivity index (χ0v) is 11.8. The second-order valence-corrected chi connectivity index (χ2v) is 5.24. The molecule has 0 heterocycles. The lowest BCUT2D eigenvalue weighted by molar-refractivity contribution is 0.267. The van der Waals surface area contributed by atoms with Crippen LogP contribution in [0.4, 0.5) is 0 Å². The Bertz CT molecular complexity index is 185. The fraction of sp³-hybridized carbons (Fsp3) is 0.857. The van der Waals surface area contributed by atoms with Crippen LogP contribution < -0.4 is 5.32 Å². The Balaban J connectivity index is 3.31. The summed E-state index contributed by atoms with van der Waals surface area (Å²) in [6, 6.07) is 0.666. The molecular weight excluding hydrogens is 196 g/mol. The molecule has 0 aliphatic heterocycles. The van der Waals surface area contributed by atoms with Gasteiger partial charge in [-0.05, 0) is 46.2 Å². The average molecular weight is 226 g/mol. The van der Waals surface area contributed by atoms with Crippen molar-refractivity contribution in [2.45, 2.75) is 53.0 Å². The van der Waals surface area contributed by atoms with Crippen molar-refractivity contribution in [2.75, 3.05) is 20.1 Å². The summed E-state index contributed by atoms with van der Waals surface area (Å²) in [5.41, 5.74) is 1.17. The Hall–Kier alpha value is -0.500. The first-order chi connectivity index (χ1) is 7.45. The molecule has 0 saturated carbocycles. The van der Waals surface area contributed by atoms with Crippen LogP contribution in [-0.2, 0) is 0 Å². The summed E-state index contributed by atoms with van der Waals surface area (Å²) >= 11 is 0. The minimum Gasteiger partial charge on any atom is -0.389 e. The number of rotatable bonds is 9. The lowest BCUT2D eigenvalue weighted by Crippen LogP contribution is -2.27. The van der Waals surface area contributed by atoms with Gasteiger partial charge in [-0.2, -0.15) is 0 Å². The van der Waals surface area contributed by atoms with Gasteiger partial charge in [0.15, 0.2) is 0 Å². The molecule has 2 heteroatoms. The number of hydrogen-bond donors (Lipinski definition) is 1. The molecule has 0 aromatic carbocycles. The molecule has 2 nitrogen and oxygen atoms in total. The molecule has 16 heavy (non-hydrogen) atoms. The standard InChI is InChI=1S/C14H30N2/c1-12(2)14(5)15-10-8-7-9-11-16(6)13(3)4/h12-13,15H,5,7-11H2,1-4,6H3. The Morgan fingerprint density at radius 3 is 2.25 bits per heavy atom. The van der Waals surface area contributed by atoms with Crippen LogP contribution in [0.1, 0.15) is 47.0 Å². The summed E-state index contributed by atoms with van der Waals surface area (Å²) in [5.74, 6) is 0.548. The highest BCUT2D eigenvalue weighted by Crippen LogP contribution is 2.04. The molecule has 96 valence electrons. The topological polar surface area (TPSA) is 15.3 Å². The summed E-state index contributed by atoms with van der Waals surface area (Å²) in [7, 11) is 2.20. The zero-order chi connectivity index (χ0) is 12.6. The van der Waals surface area contributed by atoms with Gasteiger partial charge in [0.2, 0.25) is 0 Å². The van der Waals surface area contributed by atoms with Crippen molar-refractivity contribution in [3.8, 4) is 0 Å². The van der Waals surface area contributed by atoms with E-state index in [2.05, 4.69) is 51.5 Å². The van der Waals surface area contributed by atoms with Crippen LogP contribution in [0.2, 0.25) is 0 Å². The van der Waals surface area contributed by atoms with E-state index >= 15 is 0 Å². The molecule has 0 fully saturated rings. The molecule has 1 N–H and O–H groups in total. The first-order valence-corrected chi connectivity index (χ1v) is 6.58. The Morgan fingerprint density at radius 1 is 1.12 bits per heavy atom. The average Bonchev–Trinajstić information content (AvgIpc) is 2.21. The Morgan fingerprint density at radius 2 is 1.75 bits per heavy atom. The van der Waals surface area contributed by atoms with Gasteiger partial charge in [0.05, 0.1) is 0 Å². The molecule has 0 aromatic rings. The molecule has 0 atom stereocenters. The minimum absolute atomic E-state index is 0.548. The van der Waals surface area contributed by atoms with E-state index in [-0.39, 0.29) is 0 Å². The van der Waals surface area contributed by atoms with Crippen LogP contribution in [-0.4, -0.2) is 31.1 Å². The molecule has 0 aromatic heterocycles. The van der Waals surface area contributed by atoms with E-state index in [1.807, 2.05) is 0 Å². The maximum absolute atomic E-state index is 4.00. The number of unbranched alkanes of at least 4 members (excludes halogenated alkanes) is 2. The first kappa shape index (κ1) is 15.5. The molecule has 0 aliphatic rings. The molecule has 0 aliphatic carbocycles. The van der Waals surface area contributed by atoms with Crippen molar-refractivity contribution in [2.24, 2.45) is 5.92 Å². The monoisotopic (exact) mass is 226 g/mol. The predicted octanol–water partition coefficient (Wildman–Crippen LogP) is 3.26. The van der Waals surface area contributed by atoms with E-state index in [9.17, 15) is 0 Å². The SMILES string of the molecule is C=C(NCCCCCN(C)C(C)C)C(C)C. The molecule has 0 unspecified atom stereocenters. The fourth-order valence-corrected chi connectivity index (χ4v) is 1.37. The van der Waals surface area contributed by atoms with E-state index in [4.69, 9.17) is 0 Å². The molecule has 0 radical (unpaired) electrons. The van der Waals surface area contributed by atoms with Gasteiger partial charge in [-0.1, -0.05) is 26.8 Å². The number of allylic oxidation sites excluding steroid dienone is 1. The van der Waals surface area contributed by atoms with Crippen LogP contribution in [0.3, 0.4) is 0 Å². The lowest BCUT2D eigenvalue weighted by Gasteiger charge is -2.20. The zero-order valence-electron chi connectivity index (χ0n) is 11.8. The second-order valence-electron chi connectivity index (χ2n) is 5.24. The van der Waals surface area contributed by atoms with Gasteiger partial charge < -0.3 is 10.2 Å². The number of nitrogens with zero attached hydrogens (tertiary/aromatic N) is 1.